The average Bonchev–Trinajstić information content (AvgIpc) is 3.01. The number of aromatic hydroxyl groups is 1. The Labute approximate surface area is 162 Å². The van der Waals surface area contributed by atoms with Crippen molar-refractivity contribution >= 4 is 39.7 Å². The number of carbonyl (C=O) groups excluding carboxylic acids is 1. The maximum atomic E-state index is 12.5. The van der Waals surface area contributed by atoms with Crippen LogP contribution in [0.25, 0.3) is 11.3 Å². The first-order valence-corrected chi connectivity index (χ1v) is 8.67. The first-order chi connectivity index (χ1) is 12.5. The minimum absolute atomic E-state index is 0.126. The van der Waals surface area contributed by atoms with Gasteiger partial charge in [0.15, 0.2) is 0 Å². The molecule has 2 aromatic carbocycles. The summed E-state index contributed by atoms with van der Waals surface area (Å²) in [5.74, 6) is -0.219. The summed E-state index contributed by atoms with van der Waals surface area (Å²) >= 11 is 9.18. The number of hydrogen-bond donors (Lipinski definition) is 2. The molecule has 132 valence electrons. The highest BCUT2D eigenvalue weighted by atomic mass is 79.9. The highest BCUT2D eigenvalue weighted by Crippen LogP contribution is 2.30. The molecule has 0 fully saturated rings. The second-order valence-corrected chi connectivity index (χ2v) is 6.68. The van der Waals surface area contributed by atoms with Gasteiger partial charge >= 0.3 is 0 Å². The summed E-state index contributed by atoms with van der Waals surface area (Å²) in [4.78, 5) is 12.5. The third kappa shape index (κ3) is 3.79. The molecule has 0 bridgehead atoms. The van der Waals surface area contributed by atoms with Crippen LogP contribution in [0.5, 0.6) is 5.75 Å². The predicted octanol–water partition coefficient (Wildman–Crippen LogP) is 4.54. The monoisotopic (exact) mass is 433 g/mol. The number of hydrazone groups is 1. The third-order valence-corrected chi connectivity index (χ3v) is 4.31. The highest BCUT2D eigenvalue weighted by molar-refractivity contribution is 9.10. The van der Waals surface area contributed by atoms with Gasteiger partial charge in [-0.3, -0.25) is 4.79 Å². The van der Waals surface area contributed by atoms with Crippen molar-refractivity contribution in [2.24, 2.45) is 5.10 Å². The second-order valence-electron chi connectivity index (χ2n) is 5.35. The number of carbonyl (C=O) groups is 1. The van der Waals surface area contributed by atoms with E-state index in [2.05, 4.69) is 31.6 Å². The van der Waals surface area contributed by atoms with Crippen molar-refractivity contribution in [1.29, 1.82) is 0 Å². The summed E-state index contributed by atoms with van der Waals surface area (Å²) in [6, 6.07) is 12.4. The molecule has 0 radical (unpaired) electrons. The molecule has 6 nitrogen and oxygen atoms in total. The molecular formula is C18H13BrClN3O3. The van der Waals surface area contributed by atoms with Gasteiger partial charge < -0.3 is 9.63 Å². The minimum atomic E-state index is -0.473. The molecule has 0 saturated heterocycles. The summed E-state index contributed by atoms with van der Waals surface area (Å²) in [5.41, 5.74) is 4.26. The summed E-state index contributed by atoms with van der Waals surface area (Å²) in [6.07, 6.45) is 1.30. The van der Waals surface area contributed by atoms with E-state index < -0.39 is 5.91 Å². The van der Waals surface area contributed by atoms with E-state index in [0.717, 1.165) is 5.56 Å². The Hall–Kier alpha value is -2.64. The second kappa shape index (κ2) is 7.72. The fourth-order valence-corrected chi connectivity index (χ4v) is 3.17. The first-order valence-electron chi connectivity index (χ1n) is 7.50. The molecule has 1 heterocycles. The van der Waals surface area contributed by atoms with Gasteiger partial charge in [0.2, 0.25) is 0 Å². The molecule has 3 rings (SSSR count). The highest BCUT2D eigenvalue weighted by Gasteiger charge is 2.21. The van der Waals surface area contributed by atoms with Crippen LogP contribution in [-0.2, 0) is 0 Å². The number of rotatable bonds is 4. The summed E-state index contributed by atoms with van der Waals surface area (Å²) < 4.78 is 5.84. The van der Waals surface area contributed by atoms with Crippen LogP contribution in [0.1, 0.15) is 21.7 Å². The van der Waals surface area contributed by atoms with E-state index in [0.29, 0.717) is 27.1 Å². The molecular weight excluding hydrogens is 422 g/mol. The van der Waals surface area contributed by atoms with Crippen LogP contribution in [0.15, 0.2) is 56.6 Å². The van der Waals surface area contributed by atoms with Crippen LogP contribution in [0, 0.1) is 6.92 Å². The normalized spacial score (nSPS) is 11.0. The number of phenols is 1. The fraction of sp³-hybridized carbons (Fsp3) is 0.0556. The lowest BCUT2D eigenvalue weighted by molar-refractivity contribution is 0.0954. The molecule has 0 aliphatic heterocycles. The molecule has 1 aromatic heterocycles. The van der Waals surface area contributed by atoms with Crippen LogP contribution in [0.3, 0.4) is 0 Å². The van der Waals surface area contributed by atoms with Gasteiger partial charge in [-0.15, -0.1) is 0 Å². The average molecular weight is 435 g/mol. The zero-order valence-electron chi connectivity index (χ0n) is 13.5. The van der Waals surface area contributed by atoms with Crippen molar-refractivity contribution in [3.05, 3.63) is 68.8 Å². The largest absolute Gasteiger partial charge is 0.506 e. The molecule has 2 N–H and O–H groups in total. The molecule has 0 saturated carbocycles. The number of aromatic nitrogens is 1. The number of benzene rings is 2. The molecule has 26 heavy (non-hydrogen) atoms. The van der Waals surface area contributed by atoms with Crippen LogP contribution >= 0.6 is 27.5 Å². The Morgan fingerprint density at radius 2 is 2.08 bits per heavy atom. The molecule has 3 aromatic rings. The summed E-state index contributed by atoms with van der Waals surface area (Å²) in [5, 5.41) is 17.9. The Balaban J connectivity index is 1.83. The number of phenolic OH excluding ortho intramolecular Hbond substituents is 1. The van der Waals surface area contributed by atoms with Gasteiger partial charge in [-0.25, -0.2) is 5.43 Å². The van der Waals surface area contributed by atoms with Gasteiger partial charge in [0.05, 0.1) is 11.2 Å². The van der Waals surface area contributed by atoms with E-state index >= 15 is 0 Å². The van der Waals surface area contributed by atoms with Gasteiger partial charge in [-0.05, 0) is 19.1 Å². The Kier molecular flexibility index (Phi) is 5.39. The van der Waals surface area contributed by atoms with Crippen molar-refractivity contribution in [1.82, 2.24) is 10.6 Å². The predicted molar refractivity (Wildman–Crippen MR) is 103 cm³/mol. The van der Waals surface area contributed by atoms with E-state index in [1.54, 1.807) is 19.1 Å². The van der Waals surface area contributed by atoms with Crippen LogP contribution in [0.2, 0.25) is 5.02 Å². The molecule has 0 aliphatic carbocycles. The van der Waals surface area contributed by atoms with E-state index in [-0.39, 0.29) is 10.8 Å². The zero-order chi connectivity index (χ0) is 18.7. The lowest BCUT2D eigenvalue weighted by atomic mass is 10.1. The van der Waals surface area contributed by atoms with Gasteiger partial charge in [0, 0.05) is 15.6 Å². The molecule has 0 aliphatic rings. The molecule has 1 amide bonds. The minimum Gasteiger partial charge on any atom is -0.506 e. The van der Waals surface area contributed by atoms with Crippen LogP contribution < -0.4 is 5.43 Å². The quantitative estimate of drug-likeness (QED) is 0.466. The summed E-state index contributed by atoms with van der Waals surface area (Å²) in [7, 11) is 0. The molecule has 0 atom stereocenters. The fourth-order valence-electron chi connectivity index (χ4n) is 2.33. The maximum Gasteiger partial charge on any atom is 0.277 e. The van der Waals surface area contributed by atoms with Crippen molar-refractivity contribution in [2.45, 2.75) is 6.92 Å². The van der Waals surface area contributed by atoms with Gasteiger partial charge in [0.25, 0.3) is 5.91 Å². The van der Waals surface area contributed by atoms with Crippen molar-refractivity contribution in [3.63, 3.8) is 0 Å². The van der Waals surface area contributed by atoms with Gasteiger partial charge in [-0.1, -0.05) is 63.0 Å². The SMILES string of the molecule is Cc1onc(-c2ccccc2)c1C(=O)N/N=C/c1cc(Br)cc(Cl)c1O. The smallest absolute Gasteiger partial charge is 0.277 e. The Morgan fingerprint density at radius 3 is 2.81 bits per heavy atom. The lowest BCUT2D eigenvalue weighted by Gasteiger charge is -2.03. The Bertz CT molecular complexity index is 987. The van der Waals surface area contributed by atoms with E-state index in [9.17, 15) is 9.90 Å². The van der Waals surface area contributed by atoms with E-state index in [1.807, 2.05) is 30.3 Å². The summed E-state index contributed by atoms with van der Waals surface area (Å²) in [6.45, 7) is 1.65. The van der Waals surface area contributed by atoms with Crippen molar-refractivity contribution in [2.75, 3.05) is 0 Å². The third-order valence-electron chi connectivity index (χ3n) is 3.56. The lowest BCUT2D eigenvalue weighted by Crippen LogP contribution is -2.18. The van der Waals surface area contributed by atoms with Gasteiger partial charge in [0.1, 0.15) is 22.8 Å². The van der Waals surface area contributed by atoms with Gasteiger partial charge in [-0.2, -0.15) is 5.10 Å². The van der Waals surface area contributed by atoms with Crippen molar-refractivity contribution in [3.8, 4) is 17.0 Å². The standard InChI is InChI=1S/C18H13BrClN3O3/c1-10-15(16(23-26-10)11-5-3-2-4-6-11)18(25)22-21-9-12-7-13(19)8-14(20)17(12)24/h2-9,24H,1H3,(H,22,25)/b21-9+. The molecule has 0 spiro atoms. The number of amides is 1. The van der Waals surface area contributed by atoms with E-state index in [4.69, 9.17) is 16.1 Å². The maximum absolute atomic E-state index is 12.5. The number of nitrogens with one attached hydrogen (secondary N) is 1. The van der Waals surface area contributed by atoms with E-state index in [1.165, 1.54) is 6.21 Å². The number of nitrogens with zero attached hydrogens (tertiary/aromatic N) is 2. The van der Waals surface area contributed by atoms with Crippen molar-refractivity contribution < 1.29 is 14.4 Å². The van der Waals surface area contributed by atoms with Crippen LogP contribution in [0.4, 0.5) is 0 Å². The van der Waals surface area contributed by atoms with Crippen LogP contribution in [-0.4, -0.2) is 22.4 Å². The number of aryl methyl sites for hydroxylation is 1. The number of halogens is 2. The molecule has 8 heteroatoms. The Morgan fingerprint density at radius 1 is 1.35 bits per heavy atom. The topological polar surface area (TPSA) is 87.7 Å². The number of hydrogen-bond acceptors (Lipinski definition) is 5. The molecule has 0 unspecified atom stereocenters. The first kappa shape index (κ1) is 18.2. The zero-order valence-corrected chi connectivity index (χ0v) is 15.9.